The maximum atomic E-state index is 13.2. The number of nitrogens with one attached hydrogen (secondary N) is 1. The molecule has 0 spiro atoms. The van der Waals surface area contributed by atoms with Gasteiger partial charge in [0.05, 0.1) is 0 Å². The molecular formula is C25H33ClN3O3+. The first-order valence-corrected chi connectivity index (χ1v) is 11.6. The summed E-state index contributed by atoms with van der Waals surface area (Å²) >= 11 is 6.52. The van der Waals surface area contributed by atoms with Crippen LogP contribution in [0.1, 0.15) is 55.5 Å². The van der Waals surface area contributed by atoms with Crippen molar-refractivity contribution >= 4 is 23.3 Å². The zero-order valence-electron chi connectivity index (χ0n) is 19.1. The van der Waals surface area contributed by atoms with Gasteiger partial charge in [0, 0.05) is 24.1 Å². The Morgan fingerprint density at radius 1 is 1.25 bits per heavy atom. The third-order valence-electron chi connectivity index (χ3n) is 5.94. The molecule has 1 aromatic heterocycles. The molecule has 1 saturated carbocycles. The third-order valence-corrected chi connectivity index (χ3v) is 6.27. The highest BCUT2D eigenvalue weighted by atomic mass is 35.5. The molecule has 1 atom stereocenters. The number of carbonyl (C=O) groups is 2. The Hall–Kier alpha value is -2.28. The minimum Gasteiger partial charge on any atom is -0.352 e. The van der Waals surface area contributed by atoms with E-state index in [-0.39, 0.29) is 25.2 Å². The van der Waals surface area contributed by atoms with E-state index in [0.29, 0.717) is 35.9 Å². The first-order valence-electron chi connectivity index (χ1n) is 11.2. The van der Waals surface area contributed by atoms with Gasteiger partial charge in [0.15, 0.2) is 18.2 Å². The fourth-order valence-electron chi connectivity index (χ4n) is 4.23. The largest absolute Gasteiger partial charge is 0.352 e. The quantitative estimate of drug-likeness (QED) is 0.457. The molecule has 1 aromatic carbocycles. The molecule has 1 aliphatic carbocycles. The van der Waals surface area contributed by atoms with Crippen molar-refractivity contribution in [2.75, 3.05) is 20.3 Å². The second-order valence-electron chi connectivity index (χ2n) is 8.84. The van der Waals surface area contributed by atoms with Gasteiger partial charge in [0.25, 0.3) is 12.6 Å². The Labute approximate surface area is 195 Å². The summed E-state index contributed by atoms with van der Waals surface area (Å²) in [4.78, 5) is 27.5. The van der Waals surface area contributed by atoms with Crippen LogP contribution in [0.2, 0.25) is 5.02 Å². The van der Waals surface area contributed by atoms with Crippen molar-refractivity contribution in [2.24, 2.45) is 5.92 Å². The standard InChI is InChI=1S/C25H32ClN3O3/c1-19(2)15-27-24(31)20-9-8-14-29(16-20)18-32-17-28(3)25(13-7-6-12-23(25)30)21-10-4-5-11-22(21)26/h4-5,8-11,14,16,19H,6-7,12-13,15,17-18H2,1-3H3/p+1. The number of pyridine rings is 1. The van der Waals surface area contributed by atoms with Gasteiger partial charge >= 0.3 is 0 Å². The molecule has 1 amide bonds. The summed E-state index contributed by atoms with van der Waals surface area (Å²) in [5.41, 5.74) is 0.647. The lowest BCUT2D eigenvalue weighted by Crippen LogP contribution is -2.53. The second-order valence-corrected chi connectivity index (χ2v) is 9.25. The molecule has 1 unspecified atom stereocenters. The highest BCUT2D eigenvalue weighted by molar-refractivity contribution is 6.31. The van der Waals surface area contributed by atoms with E-state index < -0.39 is 5.54 Å². The molecule has 0 bridgehead atoms. The Kier molecular flexibility index (Phi) is 8.40. The predicted molar refractivity (Wildman–Crippen MR) is 124 cm³/mol. The van der Waals surface area contributed by atoms with E-state index in [0.717, 1.165) is 18.4 Å². The molecule has 0 radical (unpaired) electrons. The van der Waals surface area contributed by atoms with E-state index in [2.05, 4.69) is 19.2 Å². The minimum absolute atomic E-state index is 0.101. The fourth-order valence-corrected chi connectivity index (χ4v) is 4.52. The lowest BCUT2D eigenvalue weighted by molar-refractivity contribution is -0.733. The number of hydrogen-bond donors (Lipinski definition) is 1. The molecule has 2 aromatic rings. The van der Waals surface area contributed by atoms with Crippen molar-refractivity contribution in [2.45, 2.75) is 51.8 Å². The van der Waals surface area contributed by atoms with Gasteiger partial charge in [-0.1, -0.05) is 50.1 Å². The van der Waals surface area contributed by atoms with Crippen molar-refractivity contribution in [3.8, 4) is 0 Å². The molecule has 1 heterocycles. The summed E-state index contributed by atoms with van der Waals surface area (Å²) in [6.45, 7) is 5.27. The summed E-state index contributed by atoms with van der Waals surface area (Å²) in [5, 5.41) is 3.53. The number of hydrogen-bond acceptors (Lipinski definition) is 4. The van der Waals surface area contributed by atoms with Gasteiger partial charge in [0.2, 0.25) is 0 Å². The van der Waals surface area contributed by atoms with Crippen molar-refractivity contribution < 1.29 is 18.9 Å². The summed E-state index contributed by atoms with van der Waals surface area (Å²) in [5.74, 6) is 0.469. The van der Waals surface area contributed by atoms with Crippen LogP contribution in [0.5, 0.6) is 0 Å². The number of amides is 1. The fraction of sp³-hybridized carbons (Fsp3) is 0.480. The molecule has 1 N–H and O–H groups in total. The molecule has 0 aliphatic heterocycles. The monoisotopic (exact) mass is 458 g/mol. The van der Waals surface area contributed by atoms with E-state index in [9.17, 15) is 9.59 Å². The highest BCUT2D eigenvalue weighted by Gasteiger charge is 2.46. The number of nitrogens with zero attached hydrogens (tertiary/aromatic N) is 2. The van der Waals surface area contributed by atoms with E-state index in [1.807, 2.05) is 53.0 Å². The minimum atomic E-state index is -0.778. The van der Waals surface area contributed by atoms with Crippen LogP contribution in [0.25, 0.3) is 0 Å². The summed E-state index contributed by atoms with van der Waals surface area (Å²) in [6.07, 6.45) is 6.75. The number of rotatable bonds is 9. The molecule has 6 nitrogen and oxygen atoms in total. The molecule has 0 saturated heterocycles. The van der Waals surface area contributed by atoms with Crippen LogP contribution in [0.15, 0.2) is 48.8 Å². The number of halogens is 1. The van der Waals surface area contributed by atoms with Gasteiger partial charge in [-0.05, 0) is 43.5 Å². The molecule has 1 fully saturated rings. The van der Waals surface area contributed by atoms with Crippen LogP contribution >= 0.6 is 11.6 Å². The lowest BCUT2D eigenvalue weighted by atomic mass is 9.74. The first-order chi connectivity index (χ1) is 15.3. The summed E-state index contributed by atoms with van der Waals surface area (Å²) in [7, 11) is 1.91. The van der Waals surface area contributed by atoms with Crippen LogP contribution in [-0.2, 0) is 21.8 Å². The van der Waals surface area contributed by atoms with Crippen molar-refractivity contribution in [3.63, 3.8) is 0 Å². The molecular weight excluding hydrogens is 426 g/mol. The number of carbonyl (C=O) groups excluding carboxylic acids is 2. The van der Waals surface area contributed by atoms with Crippen molar-refractivity contribution in [3.05, 3.63) is 64.9 Å². The van der Waals surface area contributed by atoms with Crippen LogP contribution in [0, 0.1) is 5.92 Å². The number of Topliss-reactive ketones (excluding diaryl/α,β-unsaturated/α-hetero) is 1. The topological polar surface area (TPSA) is 62.5 Å². The Morgan fingerprint density at radius 2 is 2.03 bits per heavy atom. The number of benzene rings is 1. The van der Waals surface area contributed by atoms with Gasteiger partial charge in [-0.2, -0.15) is 4.57 Å². The Bertz CT molecular complexity index is 950. The van der Waals surface area contributed by atoms with Gasteiger partial charge < -0.3 is 10.1 Å². The van der Waals surface area contributed by atoms with Crippen LogP contribution in [-0.4, -0.2) is 36.9 Å². The molecule has 3 rings (SSSR count). The van der Waals surface area contributed by atoms with Gasteiger partial charge in [-0.15, -0.1) is 0 Å². The molecule has 1 aliphatic rings. The van der Waals surface area contributed by atoms with E-state index in [1.54, 1.807) is 12.3 Å². The van der Waals surface area contributed by atoms with E-state index in [4.69, 9.17) is 16.3 Å². The Morgan fingerprint density at radius 3 is 2.75 bits per heavy atom. The first kappa shape index (κ1) is 24.4. The van der Waals surface area contributed by atoms with Crippen LogP contribution in [0.3, 0.4) is 0 Å². The average molecular weight is 459 g/mol. The number of likely N-dealkylation sites (N-methyl/N-ethyl adjacent to an activating group) is 1. The van der Waals surface area contributed by atoms with Crippen molar-refractivity contribution in [1.29, 1.82) is 0 Å². The normalized spacial score (nSPS) is 18.9. The SMILES string of the molecule is CC(C)CNC(=O)c1ccc[n+](COCN(C)C2(c3ccccc3Cl)CCCCC2=O)c1. The van der Waals surface area contributed by atoms with Gasteiger partial charge in [0.1, 0.15) is 17.8 Å². The highest BCUT2D eigenvalue weighted by Crippen LogP contribution is 2.42. The van der Waals surface area contributed by atoms with Crippen LogP contribution in [0.4, 0.5) is 0 Å². The zero-order chi connectivity index (χ0) is 23.1. The van der Waals surface area contributed by atoms with Crippen molar-refractivity contribution in [1.82, 2.24) is 10.2 Å². The lowest BCUT2D eigenvalue weighted by Gasteiger charge is -2.43. The average Bonchev–Trinajstić information content (AvgIpc) is 2.78. The van der Waals surface area contributed by atoms with Crippen LogP contribution < -0.4 is 9.88 Å². The van der Waals surface area contributed by atoms with E-state index >= 15 is 0 Å². The maximum Gasteiger partial charge on any atom is 0.257 e. The Balaban J connectivity index is 1.68. The molecule has 172 valence electrons. The van der Waals surface area contributed by atoms with Gasteiger partial charge in [-0.3, -0.25) is 14.5 Å². The molecule has 7 heteroatoms. The van der Waals surface area contributed by atoms with E-state index in [1.165, 1.54) is 0 Å². The predicted octanol–water partition coefficient (Wildman–Crippen LogP) is 3.92. The summed E-state index contributed by atoms with van der Waals surface area (Å²) < 4.78 is 7.79. The maximum absolute atomic E-state index is 13.2. The number of ether oxygens (including phenoxy) is 1. The smallest absolute Gasteiger partial charge is 0.257 e. The summed E-state index contributed by atoms with van der Waals surface area (Å²) in [6, 6.07) is 11.2. The van der Waals surface area contributed by atoms with Gasteiger partial charge in [-0.25, -0.2) is 0 Å². The number of ketones is 1. The zero-order valence-corrected chi connectivity index (χ0v) is 19.9. The molecule has 32 heavy (non-hydrogen) atoms. The second kappa shape index (κ2) is 11.0. The number of aromatic nitrogens is 1. The third kappa shape index (κ3) is 5.55.